The van der Waals surface area contributed by atoms with Gasteiger partial charge in [-0.25, -0.2) is 18.7 Å². The SMILES string of the molecule is C=CC(=O)Nc1cccc(-c2c(F)ccc3cnc(Nc4ccc(N5CCN(CC(C)(C)O)CC5)cc4F)nc23)c1. The summed E-state index contributed by atoms with van der Waals surface area (Å²) in [6, 6.07) is 14.6. The molecule has 1 aliphatic rings. The fourth-order valence-electron chi connectivity index (χ4n) is 4.99. The lowest BCUT2D eigenvalue weighted by Gasteiger charge is -2.38. The highest BCUT2D eigenvalue weighted by molar-refractivity contribution is 6.00. The molecule has 0 saturated carbocycles. The topological polar surface area (TPSA) is 93.6 Å². The predicted molar refractivity (Wildman–Crippen MR) is 158 cm³/mol. The Bertz CT molecular complexity index is 1600. The van der Waals surface area contributed by atoms with Gasteiger partial charge in [0, 0.05) is 61.2 Å². The first-order valence-electron chi connectivity index (χ1n) is 13.3. The molecular weight excluding hydrogens is 526 g/mol. The average molecular weight is 559 g/mol. The lowest BCUT2D eigenvalue weighted by molar-refractivity contribution is -0.111. The van der Waals surface area contributed by atoms with E-state index in [0.29, 0.717) is 28.7 Å². The molecule has 1 amide bonds. The molecule has 3 N–H and O–H groups in total. The van der Waals surface area contributed by atoms with E-state index in [0.717, 1.165) is 37.9 Å². The number of carbonyl (C=O) groups is 1. The van der Waals surface area contributed by atoms with Gasteiger partial charge in [-0.2, -0.15) is 0 Å². The number of carbonyl (C=O) groups excluding carboxylic acids is 1. The van der Waals surface area contributed by atoms with Crippen molar-refractivity contribution in [2.24, 2.45) is 0 Å². The number of nitrogens with one attached hydrogen (secondary N) is 2. The highest BCUT2D eigenvalue weighted by atomic mass is 19.1. The highest BCUT2D eigenvalue weighted by Gasteiger charge is 2.23. The van der Waals surface area contributed by atoms with Gasteiger partial charge < -0.3 is 20.6 Å². The van der Waals surface area contributed by atoms with E-state index in [4.69, 9.17) is 0 Å². The summed E-state index contributed by atoms with van der Waals surface area (Å²) in [5.41, 5.74) is 1.78. The Hall–Kier alpha value is -4.41. The number of benzene rings is 3. The Labute approximate surface area is 237 Å². The first-order chi connectivity index (χ1) is 19.6. The van der Waals surface area contributed by atoms with E-state index in [9.17, 15) is 9.90 Å². The Morgan fingerprint density at radius 1 is 1.07 bits per heavy atom. The molecule has 0 unspecified atom stereocenters. The predicted octanol–water partition coefficient (Wildman–Crippen LogP) is 5.34. The van der Waals surface area contributed by atoms with E-state index in [2.05, 4.69) is 37.0 Å². The van der Waals surface area contributed by atoms with Gasteiger partial charge in [-0.15, -0.1) is 0 Å². The first kappa shape index (κ1) is 28.1. The second-order valence-electron chi connectivity index (χ2n) is 10.7. The Morgan fingerprint density at radius 3 is 2.56 bits per heavy atom. The molecule has 8 nitrogen and oxygen atoms in total. The van der Waals surface area contributed by atoms with Crippen molar-refractivity contribution in [3.63, 3.8) is 0 Å². The van der Waals surface area contributed by atoms with Crippen LogP contribution in [0.2, 0.25) is 0 Å². The van der Waals surface area contributed by atoms with Gasteiger partial charge >= 0.3 is 0 Å². The number of hydrogen-bond donors (Lipinski definition) is 3. The number of rotatable bonds is 8. The summed E-state index contributed by atoms with van der Waals surface area (Å²) in [6.07, 6.45) is 2.71. The van der Waals surface area contributed by atoms with Crippen molar-refractivity contribution >= 4 is 39.8 Å². The number of aromatic nitrogens is 2. The number of anilines is 4. The molecule has 1 fully saturated rings. The molecule has 212 valence electrons. The van der Waals surface area contributed by atoms with Crippen LogP contribution < -0.4 is 15.5 Å². The zero-order valence-electron chi connectivity index (χ0n) is 23.0. The molecule has 0 spiro atoms. The normalized spacial score (nSPS) is 14.2. The lowest BCUT2D eigenvalue weighted by Crippen LogP contribution is -2.50. The van der Waals surface area contributed by atoms with Crippen LogP contribution in [-0.2, 0) is 4.79 Å². The summed E-state index contributed by atoms with van der Waals surface area (Å²) >= 11 is 0. The van der Waals surface area contributed by atoms with Crippen LogP contribution in [0.1, 0.15) is 13.8 Å². The minimum atomic E-state index is -0.758. The van der Waals surface area contributed by atoms with Gasteiger partial charge in [-0.1, -0.05) is 18.7 Å². The van der Waals surface area contributed by atoms with Gasteiger partial charge in [0.05, 0.1) is 16.8 Å². The third-order valence-electron chi connectivity index (χ3n) is 6.85. The van der Waals surface area contributed by atoms with Crippen LogP contribution in [0.4, 0.5) is 31.8 Å². The molecule has 1 saturated heterocycles. The zero-order chi connectivity index (χ0) is 29.1. The molecule has 0 aliphatic carbocycles. The van der Waals surface area contributed by atoms with Gasteiger partial charge in [-0.05, 0) is 68.0 Å². The standard InChI is InChI=1S/C31H32F2N6O2/c1-4-27(40)35-22-7-5-6-20(16-22)28-24(32)10-8-21-18-34-30(37-29(21)28)36-26-11-9-23(17-25(26)33)39-14-12-38(13-15-39)19-31(2,3)41/h4-11,16-18,41H,1,12-15,19H2,2-3H3,(H,35,40)(H,34,36,37). The molecule has 5 rings (SSSR count). The number of amides is 1. The molecule has 0 bridgehead atoms. The third kappa shape index (κ3) is 6.67. The van der Waals surface area contributed by atoms with E-state index in [1.807, 2.05) is 6.07 Å². The average Bonchev–Trinajstić information content (AvgIpc) is 2.93. The summed E-state index contributed by atoms with van der Waals surface area (Å²) in [7, 11) is 0. The van der Waals surface area contributed by atoms with Crippen LogP contribution >= 0.6 is 0 Å². The van der Waals surface area contributed by atoms with Crippen molar-refractivity contribution < 1.29 is 18.7 Å². The van der Waals surface area contributed by atoms with Crippen LogP contribution in [-0.4, -0.2) is 64.2 Å². The minimum Gasteiger partial charge on any atom is -0.389 e. The molecule has 0 radical (unpaired) electrons. The van der Waals surface area contributed by atoms with E-state index in [1.54, 1.807) is 56.4 Å². The van der Waals surface area contributed by atoms with Crippen LogP contribution in [0, 0.1) is 11.6 Å². The number of hydrogen-bond acceptors (Lipinski definition) is 7. The smallest absolute Gasteiger partial charge is 0.247 e. The summed E-state index contributed by atoms with van der Waals surface area (Å²) in [5, 5.41) is 16.3. The van der Waals surface area contributed by atoms with E-state index in [-0.39, 0.29) is 23.1 Å². The number of fused-ring (bicyclic) bond motifs is 1. The zero-order valence-corrected chi connectivity index (χ0v) is 23.0. The number of aliphatic hydroxyl groups is 1. The molecule has 0 atom stereocenters. The van der Waals surface area contributed by atoms with Crippen molar-refractivity contribution in [2.45, 2.75) is 19.4 Å². The molecule has 3 aromatic carbocycles. The fraction of sp³-hybridized carbons (Fsp3) is 0.258. The Kier molecular flexibility index (Phi) is 7.96. The van der Waals surface area contributed by atoms with E-state index < -0.39 is 17.2 Å². The van der Waals surface area contributed by atoms with Crippen LogP contribution in [0.5, 0.6) is 0 Å². The largest absolute Gasteiger partial charge is 0.389 e. The second-order valence-corrected chi connectivity index (χ2v) is 10.7. The second kappa shape index (κ2) is 11.6. The monoisotopic (exact) mass is 558 g/mol. The Morgan fingerprint density at radius 2 is 1.85 bits per heavy atom. The molecule has 4 aromatic rings. The number of nitrogens with zero attached hydrogens (tertiary/aromatic N) is 4. The molecule has 10 heteroatoms. The molecular formula is C31H32F2N6O2. The Balaban J connectivity index is 1.37. The molecule has 1 aliphatic heterocycles. The van der Waals surface area contributed by atoms with Gasteiger partial charge in [0.25, 0.3) is 0 Å². The maximum atomic E-state index is 15.2. The van der Waals surface area contributed by atoms with Gasteiger partial charge in [-0.3, -0.25) is 9.69 Å². The number of piperazine rings is 1. The van der Waals surface area contributed by atoms with Crippen molar-refractivity contribution in [3.8, 4) is 11.1 Å². The van der Waals surface area contributed by atoms with Crippen LogP contribution in [0.25, 0.3) is 22.0 Å². The number of β-amino-alcohol motifs (C(OH)–C–C–N with tert-alkyl or cyclic N) is 1. The lowest BCUT2D eigenvalue weighted by atomic mass is 10.0. The van der Waals surface area contributed by atoms with Gasteiger partial charge in [0.2, 0.25) is 11.9 Å². The summed E-state index contributed by atoms with van der Waals surface area (Å²) in [5.74, 6) is -1.22. The third-order valence-corrected chi connectivity index (χ3v) is 6.85. The van der Waals surface area contributed by atoms with E-state index >= 15 is 8.78 Å². The van der Waals surface area contributed by atoms with Crippen molar-refractivity contribution in [2.75, 3.05) is 48.3 Å². The highest BCUT2D eigenvalue weighted by Crippen LogP contribution is 2.33. The van der Waals surface area contributed by atoms with Crippen LogP contribution in [0.15, 0.2) is 73.4 Å². The van der Waals surface area contributed by atoms with Crippen molar-refractivity contribution in [1.82, 2.24) is 14.9 Å². The molecule has 2 heterocycles. The maximum absolute atomic E-state index is 15.2. The first-order valence-corrected chi connectivity index (χ1v) is 13.3. The van der Waals surface area contributed by atoms with Crippen molar-refractivity contribution in [1.29, 1.82) is 0 Å². The van der Waals surface area contributed by atoms with Crippen molar-refractivity contribution in [3.05, 3.63) is 85.1 Å². The summed E-state index contributed by atoms with van der Waals surface area (Å²) in [6.45, 7) is 10.6. The maximum Gasteiger partial charge on any atom is 0.247 e. The van der Waals surface area contributed by atoms with Gasteiger partial charge in [0.15, 0.2) is 0 Å². The van der Waals surface area contributed by atoms with E-state index in [1.165, 1.54) is 12.1 Å². The summed E-state index contributed by atoms with van der Waals surface area (Å²) < 4.78 is 30.4. The molecule has 1 aromatic heterocycles. The van der Waals surface area contributed by atoms with Gasteiger partial charge in [0.1, 0.15) is 11.6 Å². The fourth-order valence-corrected chi connectivity index (χ4v) is 4.99. The minimum absolute atomic E-state index is 0.118. The quantitative estimate of drug-likeness (QED) is 0.252. The summed E-state index contributed by atoms with van der Waals surface area (Å²) in [4.78, 5) is 24.9. The molecule has 41 heavy (non-hydrogen) atoms. The number of halogens is 2. The van der Waals surface area contributed by atoms with Crippen LogP contribution in [0.3, 0.4) is 0 Å².